The van der Waals surface area contributed by atoms with E-state index in [-0.39, 0.29) is 11.4 Å². The first-order valence-electron chi connectivity index (χ1n) is 7.65. The lowest BCUT2D eigenvalue weighted by atomic mass is 10.1. The van der Waals surface area contributed by atoms with Gasteiger partial charge in [-0.2, -0.15) is 0 Å². The minimum absolute atomic E-state index is 0.00143. The number of nitro benzene ring substituents is 1. The third kappa shape index (κ3) is 5.01. The molecule has 0 aliphatic heterocycles. The van der Waals surface area contributed by atoms with Gasteiger partial charge in [0.15, 0.2) is 0 Å². The van der Waals surface area contributed by atoms with Gasteiger partial charge < -0.3 is 5.73 Å². The highest BCUT2D eigenvalue weighted by Crippen LogP contribution is 2.24. The zero-order valence-electron chi connectivity index (χ0n) is 13.5. The van der Waals surface area contributed by atoms with Gasteiger partial charge in [-0.1, -0.05) is 33.8 Å². The van der Waals surface area contributed by atoms with E-state index in [2.05, 4.69) is 32.6 Å². The van der Waals surface area contributed by atoms with E-state index in [1.54, 1.807) is 12.1 Å². The lowest BCUT2D eigenvalue weighted by Gasteiger charge is -2.32. The second-order valence-electron chi connectivity index (χ2n) is 5.94. The molecule has 0 aliphatic rings. The zero-order chi connectivity index (χ0) is 16.0. The Morgan fingerprint density at radius 1 is 1.29 bits per heavy atom. The molecule has 1 rings (SSSR count). The molecule has 0 saturated heterocycles. The Morgan fingerprint density at radius 3 is 2.38 bits per heavy atom. The van der Waals surface area contributed by atoms with E-state index >= 15 is 0 Å². The third-order valence-corrected chi connectivity index (χ3v) is 3.74. The summed E-state index contributed by atoms with van der Waals surface area (Å²) < 4.78 is 0. The number of anilines is 1. The molecule has 0 unspecified atom stereocenters. The summed E-state index contributed by atoms with van der Waals surface area (Å²) >= 11 is 0. The molecule has 0 amide bonds. The van der Waals surface area contributed by atoms with Crippen LogP contribution in [0.1, 0.15) is 46.1 Å². The Kier molecular flexibility index (Phi) is 6.62. The molecule has 5 nitrogen and oxygen atoms in total. The van der Waals surface area contributed by atoms with Crippen molar-refractivity contribution < 1.29 is 4.92 Å². The molecule has 0 heterocycles. The van der Waals surface area contributed by atoms with Gasteiger partial charge in [0.05, 0.1) is 4.92 Å². The van der Waals surface area contributed by atoms with Crippen LogP contribution in [0.4, 0.5) is 11.4 Å². The molecule has 0 fully saturated rings. The fourth-order valence-electron chi connectivity index (χ4n) is 2.70. The van der Waals surface area contributed by atoms with Crippen molar-refractivity contribution in [2.24, 2.45) is 5.92 Å². The maximum atomic E-state index is 11.0. The number of nitrogen functional groups attached to an aromatic ring is 1. The average Bonchev–Trinajstić information content (AvgIpc) is 2.41. The third-order valence-electron chi connectivity index (χ3n) is 3.74. The molecule has 0 spiro atoms. The van der Waals surface area contributed by atoms with Crippen LogP contribution < -0.4 is 5.73 Å². The number of nitrogens with zero attached hydrogens (tertiary/aromatic N) is 2. The van der Waals surface area contributed by atoms with Crippen LogP contribution in [0.3, 0.4) is 0 Å². The van der Waals surface area contributed by atoms with Gasteiger partial charge in [0, 0.05) is 25.2 Å². The molecule has 5 heteroatoms. The highest BCUT2D eigenvalue weighted by Gasteiger charge is 2.18. The van der Waals surface area contributed by atoms with Gasteiger partial charge in [0.2, 0.25) is 0 Å². The second kappa shape index (κ2) is 7.98. The fourth-order valence-corrected chi connectivity index (χ4v) is 2.70. The summed E-state index contributed by atoms with van der Waals surface area (Å²) in [6, 6.07) is 5.63. The maximum absolute atomic E-state index is 11.0. The summed E-state index contributed by atoms with van der Waals surface area (Å²) in [7, 11) is 0. The Morgan fingerprint density at radius 2 is 1.90 bits per heavy atom. The van der Waals surface area contributed by atoms with Crippen LogP contribution in [-0.2, 0) is 6.54 Å². The van der Waals surface area contributed by atoms with Crippen LogP contribution in [0, 0.1) is 16.0 Å². The zero-order valence-corrected chi connectivity index (χ0v) is 13.5. The lowest BCUT2D eigenvalue weighted by molar-refractivity contribution is -0.384. The highest BCUT2D eigenvalue weighted by molar-refractivity contribution is 5.59. The van der Waals surface area contributed by atoms with Crippen LogP contribution >= 0.6 is 0 Å². The number of benzene rings is 1. The van der Waals surface area contributed by atoms with E-state index in [9.17, 15) is 10.1 Å². The smallest absolute Gasteiger partial charge is 0.292 e. The number of nitrogens with two attached hydrogens (primary N) is 1. The van der Waals surface area contributed by atoms with Crippen molar-refractivity contribution in [2.45, 2.75) is 53.1 Å². The predicted octanol–water partition coefficient (Wildman–Crippen LogP) is 3.82. The summed E-state index contributed by atoms with van der Waals surface area (Å²) in [4.78, 5) is 13.0. The first kappa shape index (κ1) is 17.4. The van der Waals surface area contributed by atoms with Crippen LogP contribution in [0.2, 0.25) is 0 Å². The molecular weight excluding hydrogens is 266 g/mol. The summed E-state index contributed by atoms with van der Waals surface area (Å²) in [6.45, 7) is 10.5. The summed E-state index contributed by atoms with van der Waals surface area (Å²) in [5.74, 6) is 0.564. The topological polar surface area (TPSA) is 72.4 Å². The van der Waals surface area contributed by atoms with E-state index in [4.69, 9.17) is 5.73 Å². The molecular formula is C16H27N3O2. The predicted molar refractivity (Wildman–Crippen MR) is 87.1 cm³/mol. The lowest BCUT2D eigenvalue weighted by Crippen LogP contribution is -2.36. The minimum atomic E-state index is -0.414. The average molecular weight is 293 g/mol. The minimum Gasteiger partial charge on any atom is -0.393 e. The summed E-state index contributed by atoms with van der Waals surface area (Å²) in [6.07, 6.45) is 2.17. The van der Waals surface area contributed by atoms with Crippen molar-refractivity contribution in [3.8, 4) is 0 Å². The van der Waals surface area contributed by atoms with E-state index in [0.717, 1.165) is 31.5 Å². The molecule has 0 atom stereocenters. The fraction of sp³-hybridized carbons (Fsp3) is 0.625. The normalized spacial score (nSPS) is 11.6. The van der Waals surface area contributed by atoms with Gasteiger partial charge in [0.1, 0.15) is 5.69 Å². The molecule has 0 radical (unpaired) electrons. The van der Waals surface area contributed by atoms with Crippen molar-refractivity contribution in [3.05, 3.63) is 33.9 Å². The van der Waals surface area contributed by atoms with E-state index in [1.807, 2.05) is 6.07 Å². The van der Waals surface area contributed by atoms with Gasteiger partial charge in [-0.3, -0.25) is 15.0 Å². The molecule has 1 aromatic rings. The SMILES string of the molecule is CCC(CC)N(Cc1ccc(N)c([N+](=O)[O-])c1)CC(C)C. The van der Waals surface area contributed by atoms with Gasteiger partial charge in [-0.25, -0.2) is 0 Å². The summed E-state index contributed by atoms with van der Waals surface area (Å²) in [5, 5.41) is 11.0. The number of rotatable bonds is 8. The number of nitro groups is 1. The molecule has 1 aromatic carbocycles. The standard InChI is InChI=1S/C16H27N3O2/c1-5-14(6-2)18(10-12(3)4)11-13-7-8-15(17)16(9-13)19(20)21/h7-9,12,14H,5-6,10-11,17H2,1-4H3. The van der Waals surface area contributed by atoms with E-state index in [0.29, 0.717) is 12.0 Å². The van der Waals surface area contributed by atoms with Crippen molar-refractivity contribution in [2.75, 3.05) is 12.3 Å². The Labute approximate surface area is 127 Å². The quantitative estimate of drug-likeness (QED) is 0.449. The number of hydrogen-bond acceptors (Lipinski definition) is 4. The van der Waals surface area contributed by atoms with Gasteiger partial charge in [-0.05, 0) is 30.4 Å². The molecule has 21 heavy (non-hydrogen) atoms. The first-order chi connectivity index (χ1) is 9.88. The van der Waals surface area contributed by atoms with Crippen molar-refractivity contribution in [3.63, 3.8) is 0 Å². The van der Waals surface area contributed by atoms with Crippen LogP contribution in [-0.4, -0.2) is 22.4 Å². The van der Waals surface area contributed by atoms with E-state index in [1.165, 1.54) is 0 Å². The molecule has 0 bridgehead atoms. The van der Waals surface area contributed by atoms with Gasteiger partial charge in [0.25, 0.3) is 5.69 Å². The van der Waals surface area contributed by atoms with Gasteiger partial charge >= 0.3 is 0 Å². The van der Waals surface area contributed by atoms with Crippen molar-refractivity contribution in [1.82, 2.24) is 4.90 Å². The highest BCUT2D eigenvalue weighted by atomic mass is 16.6. The van der Waals surface area contributed by atoms with Gasteiger partial charge in [-0.15, -0.1) is 0 Å². The van der Waals surface area contributed by atoms with Crippen molar-refractivity contribution >= 4 is 11.4 Å². The largest absolute Gasteiger partial charge is 0.393 e. The molecule has 118 valence electrons. The Hall–Kier alpha value is -1.62. The second-order valence-corrected chi connectivity index (χ2v) is 5.94. The molecule has 0 saturated carbocycles. The Bertz CT molecular complexity index is 471. The first-order valence-corrected chi connectivity index (χ1v) is 7.65. The Balaban J connectivity index is 2.97. The van der Waals surface area contributed by atoms with Crippen LogP contribution in [0.15, 0.2) is 18.2 Å². The number of hydrogen-bond donors (Lipinski definition) is 1. The molecule has 0 aliphatic carbocycles. The van der Waals surface area contributed by atoms with Crippen molar-refractivity contribution in [1.29, 1.82) is 0 Å². The van der Waals surface area contributed by atoms with E-state index < -0.39 is 4.92 Å². The van der Waals surface area contributed by atoms with Crippen LogP contribution in [0.25, 0.3) is 0 Å². The summed E-state index contributed by atoms with van der Waals surface area (Å²) in [5.41, 5.74) is 6.83. The molecule has 0 aromatic heterocycles. The monoisotopic (exact) mass is 293 g/mol. The molecule has 2 N–H and O–H groups in total. The van der Waals surface area contributed by atoms with Crippen LogP contribution in [0.5, 0.6) is 0 Å². The maximum Gasteiger partial charge on any atom is 0.292 e.